The van der Waals surface area contributed by atoms with E-state index >= 15 is 0 Å². The van der Waals surface area contributed by atoms with Gasteiger partial charge in [-0.2, -0.15) is 4.98 Å². The van der Waals surface area contributed by atoms with Crippen LogP contribution in [-0.2, 0) is 9.59 Å². The number of benzene rings is 2. The van der Waals surface area contributed by atoms with E-state index in [-0.39, 0.29) is 17.7 Å². The molecule has 4 N–H and O–H groups in total. The van der Waals surface area contributed by atoms with Gasteiger partial charge in [-0.25, -0.2) is 4.98 Å². The van der Waals surface area contributed by atoms with Gasteiger partial charge in [0.2, 0.25) is 17.8 Å². The van der Waals surface area contributed by atoms with Gasteiger partial charge < -0.3 is 31.1 Å². The van der Waals surface area contributed by atoms with Crippen LogP contribution in [0.3, 0.4) is 0 Å². The maximum Gasteiger partial charge on any atom is 0.253 e. The molecule has 2 heterocycles. The van der Waals surface area contributed by atoms with Crippen LogP contribution in [0.25, 0.3) is 0 Å². The summed E-state index contributed by atoms with van der Waals surface area (Å²) in [6, 6.07) is 14.3. The summed E-state index contributed by atoms with van der Waals surface area (Å²) in [7, 11) is 1.57. The predicted molar refractivity (Wildman–Crippen MR) is 156 cm³/mol. The van der Waals surface area contributed by atoms with Gasteiger partial charge in [0.25, 0.3) is 5.91 Å². The molecule has 40 heavy (non-hydrogen) atoms. The first-order valence-electron chi connectivity index (χ1n) is 12.7. The zero-order valence-corrected chi connectivity index (χ0v) is 23.0. The molecule has 0 saturated carbocycles. The van der Waals surface area contributed by atoms with Gasteiger partial charge in [0.15, 0.2) is 5.82 Å². The largest absolute Gasteiger partial charge is 0.368 e. The maximum absolute atomic E-state index is 12.6. The number of aromatic nitrogens is 2. The molecule has 1 aromatic heterocycles. The number of amides is 3. The van der Waals surface area contributed by atoms with Crippen LogP contribution in [0, 0.1) is 0 Å². The molecule has 0 radical (unpaired) electrons. The standard InChI is InChI=1S/C28H31ClN8O3/c1-4-24(38)32-18(2)27(40)37-15-13-36(14-16-37)20-11-9-19(10-12-20)33-28-31-17-22(29)25(35-28)34-23-8-6-5-7-21(23)26(39)30-3/h4-12,17-18H,1,13-16H2,2-3H3,(H,30,39)(H,32,38)(H2,31,33,34,35)/t18-/m1/s1. The van der Waals surface area contributed by atoms with Gasteiger partial charge in [0.05, 0.1) is 17.4 Å². The van der Waals surface area contributed by atoms with Gasteiger partial charge >= 0.3 is 0 Å². The van der Waals surface area contributed by atoms with Crippen molar-refractivity contribution in [3.63, 3.8) is 0 Å². The highest BCUT2D eigenvalue weighted by Gasteiger charge is 2.25. The average Bonchev–Trinajstić information content (AvgIpc) is 2.98. The second-order valence-corrected chi connectivity index (χ2v) is 9.47. The highest BCUT2D eigenvalue weighted by Crippen LogP contribution is 2.27. The van der Waals surface area contributed by atoms with Crippen molar-refractivity contribution in [2.45, 2.75) is 13.0 Å². The summed E-state index contributed by atoms with van der Waals surface area (Å²) in [4.78, 5) is 49.1. The maximum atomic E-state index is 12.6. The van der Waals surface area contributed by atoms with Crippen LogP contribution in [0.2, 0.25) is 5.02 Å². The number of carbonyl (C=O) groups excluding carboxylic acids is 3. The van der Waals surface area contributed by atoms with E-state index in [2.05, 4.69) is 42.7 Å². The number of para-hydroxylation sites is 1. The fraction of sp³-hybridized carbons (Fsp3) is 0.250. The smallest absolute Gasteiger partial charge is 0.253 e. The number of hydrogen-bond donors (Lipinski definition) is 4. The Morgan fingerprint density at radius 3 is 2.40 bits per heavy atom. The molecule has 1 aliphatic heterocycles. The van der Waals surface area contributed by atoms with Crippen molar-refractivity contribution in [1.82, 2.24) is 25.5 Å². The molecule has 1 fully saturated rings. The molecule has 4 rings (SSSR count). The number of nitrogens with zero attached hydrogens (tertiary/aromatic N) is 4. The molecule has 208 valence electrons. The van der Waals surface area contributed by atoms with Crippen molar-refractivity contribution in [3.05, 3.63) is 78.0 Å². The first-order valence-corrected chi connectivity index (χ1v) is 13.1. The summed E-state index contributed by atoms with van der Waals surface area (Å²) in [5.41, 5.74) is 2.83. The Kier molecular flexibility index (Phi) is 9.18. The summed E-state index contributed by atoms with van der Waals surface area (Å²) in [5, 5.41) is 11.8. The first-order chi connectivity index (χ1) is 19.3. The molecule has 0 spiro atoms. The number of rotatable bonds is 9. The zero-order valence-electron chi connectivity index (χ0n) is 22.3. The highest BCUT2D eigenvalue weighted by molar-refractivity contribution is 6.33. The van der Waals surface area contributed by atoms with E-state index in [1.54, 1.807) is 37.1 Å². The summed E-state index contributed by atoms with van der Waals surface area (Å²) >= 11 is 6.33. The van der Waals surface area contributed by atoms with Crippen molar-refractivity contribution in [3.8, 4) is 0 Å². The number of halogens is 1. The van der Waals surface area contributed by atoms with E-state index in [0.717, 1.165) is 17.5 Å². The Morgan fingerprint density at radius 2 is 1.73 bits per heavy atom. The Labute approximate surface area is 237 Å². The Balaban J connectivity index is 1.37. The lowest BCUT2D eigenvalue weighted by Gasteiger charge is -2.37. The van der Waals surface area contributed by atoms with Gasteiger partial charge in [-0.05, 0) is 49.4 Å². The minimum atomic E-state index is -0.598. The molecule has 1 aliphatic rings. The third-order valence-electron chi connectivity index (χ3n) is 6.39. The number of anilines is 5. The molecule has 3 aromatic rings. The van der Waals surface area contributed by atoms with Crippen LogP contribution in [0.1, 0.15) is 17.3 Å². The van der Waals surface area contributed by atoms with E-state index in [4.69, 9.17) is 11.6 Å². The molecular formula is C28H31ClN8O3. The van der Waals surface area contributed by atoms with Crippen molar-refractivity contribution < 1.29 is 14.4 Å². The SMILES string of the molecule is C=CC(=O)N[C@H](C)C(=O)N1CCN(c2ccc(Nc3ncc(Cl)c(Nc4ccccc4C(=O)NC)n3)cc2)CC1. The van der Waals surface area contributed by atoms with E-state index in [1.807, 2.05) is 30.3 Å². The van der Waals surface area contributed by atoms with Gasteiger partial charge in [0.1, 0.15) is 11.1 Å². The van der Waals surface area contributed by atoms with Crippen LogP contribution in [0.5, 0.6) is 0 Å². The first kappa shape index (κ1) is 28.4. The zero-order chi connectivity index (χ0) is 28.6. The number of piperazine rings is 1. The molecule has 12 heteroatoms. The van der Waals surface area contributed by atoms with E-state index in [0.29, 0.717) is 54.2 Å². The van der Waals surface area contributed by atoms with Gasteiger partial charge in [-0.3, -0.25) is 14.4 Å². The summed E-state index contributed by atoms with van der Waals surface area (Å²) < 4.78 is 0. The molecule has 11 nitrogen and oxygen atoms in total. The average molecular weight is 563 g/mol. The van der Waals surface area contributed by atoms with Crippen LogP contribution in [0.15, 0.2) is 67.4 Å². The summed E-state index contributed by atoms with van der Waals surface area (Å²) in [6.45, 7) is 7.56. The van der Waals surface area contributed by atoms with Crippen molar-refractivity contribution >= 4 is 58.2 Å². The fourth-order valence-electron chi connectivity index (χ4n) is 4.24. The molecule has 0 aliphatic carbocycles. The second kappa shape index (κ2) is 12.9. The van der Waals surface area contributed by atoms with Crippen LogP contribution < -0.4 is 26.2 Å². The summed E-state index contributed by atoms with van der Waals surface area (Å²) in [6.07, 6.45) is 2.64. The Hall–Kier alpha value is -4.64. The second-order valence-electron chi connectivity index (χ2n) is 9.06. The molecule has 1 saturated heterocycles. The topological polar surface area (TPSA) is 132 Å². The molecule has 3 amide bonds. The minimum absolute atomic E-state index is 0.108. The quantitative estimate of drug-likeness (QED) is 0.292. The lowest BCUT2D eigenvalue weighted by Crippen LogP contribution is -2.54. The molecule has 0 bridgehead atoms. The monoisotopic (exact) mass is 562 g/mol. The lowest BCUT2D eigenvalue weighted by atomic mass is 10.1. The van der Waals surface area contributed by atoms with Crippen LogP contribution in [-0.4, -0.2) is 71.9 Å². The van der Waals surface area contributed by atoms with E-state index in [9.17, 15) is 14.4 Å². The van der Waals surface area contributed by atoms with Gasteiger partial charge in [-0.1, -0.05) is 30.3 Å². The lowest BCUT2D eigenvalue weighted by molar-refractivity contribution is -0.135. The molecule has 1 atom stereocenters. The number of nitrogens with one attached hydrogen (secondary N) is 4. The Bertz CT molecular complexity index is 1390. The molecule has 0 unspecified atom stereocenters. The van der Waals surface area contributed by atoms with Crippen LogP contribution >= 0.6 is 11.6 Å². The Morgan fingerprint density at radius 1 is 1.02 bits per heavy atom. The normalized spacial score (nSPS) is 13.7. The van der Waals surface area contributed by atoms with Crippen molar-refractivity contribution in [2.75, 3.05) is 48.8 Å². The van der Waals surface area contributed by atoms with E-state index in [1.165, 1.54) is 6.20 Å². The van der Waals surface area contributed by atoms with Gasteiger partial charge in [-0.15, -0.1) is 0 Å². The molecular weight excluding hydrogens is 532 g/mol. The fourth-order valence-corrected chi connectivity index (χ4v) is 4.38. The van der Waals surface area contributed by atoms with Gasteiger partial charge in [0, 0.05) is 44.6 Å². The minimum Gasteiger partial charge on any atom is -0.368 e. The van der Waals surface area contributed by atoms with E-state index < -0.39 is 6.04 Å². The van der Waals surface area contributed by atoms with Crippen molar-refractivity contribution in [2.24, 2.45) is 0 Å². The van der Waals surface area contributed by atoms with Crippen LogP contribution in [0.4, 0.5) is 28.8 Å². The summed E-state index contributed by atoms with van der Waals surface area (Å²) in [5.74, 6) is -0.00883. The highest BCUT2D eigenvalue weighted by atomic mass is 35.5. The van der Waals surface area contributed by atoms with Crippen molar-refractivity contribution in [1.29, 1.82) is 0 Å². The number of carbonyl (C=O) groups is 3. The third kappa shape index (κ3) is 6.86. The number of hydrogen-bond acceptors (Lipinski definition) is 8. The molecule has 2 aromatic carbocycles. The predicted octanol–water partition coefficient (Wildman–Crippen LogP) is 3.32. The third-order valence-corrected chi connectivity index (χ3v) is 6.67.